The Balaban J connectivity index is 1.43. The van der Waals surface area contributed by atoms with Crippen LogP contribution in [-0.4, -0.2) is 37.5 Å². The molecule has 1 aliphatic rings. The van der Waals surface area contributed by atoms with Crippen LogP contribution >= 0.6 is 22.7 Å². The van der Waals surface area contributed by atoms with Gasteiger partial charge in [0.25, 0.3) is 5.69 Å². The summed E-state index contributed by atoms with van der Waals surface area (Å²) >= 11 is 2.63. The first-order chi connectivity index (χ1) is 12.9. The van der Waals surface area contributed by atoms with E-state index in [2.05, 4.69) is 14.6 Å². The van der Waals surface area contributed by atoms with Crippen molar-refractivity contribution in [2.24, 2.45) is 0 Å². The second kappa shape index (κ2) is 7.15. The van der Waals surface area contributed by atoms with Crippen molar-refractivity contribution in [3.63, 3.8) is 0 Å². The summed E-state index contributed by atoms with van der Waals surface area (Å²) in [6.45, 7) is 1.36. The molecule has 3 heterocycles. The molecule has 0 aliphatic carbocycles. The van der Waals surface area contributed by atoms with Crippen molar-refractivity contribution in [1.29, 1.82) is 0 Å². The van der Waals surface area contributed by atoms with Crippen LogP contribution < -0.4 is 9.62 Å². The van der Waals surface area contributed by atoms with E-state index in [1.54, 1.807) is 29.6 Å². The number of sulfonamides is 1. The first-order valence-electron chi connectivity index (χ1n) is 8.28. The zero-order valence-electron chi connectivity index (χ0n) is 14.1. The minimum absolute atomic E-state index is 0.0550. The number of aromatic nitrogens is 1. The standard InChI is InChI=1S/C16H16N4O4S3/c21-20(22)12-3-4-13-14(10-12)26-16(17-13)19-7-5-11(6-8-19)18-27(23,24)15-2-1-9-25-15/h1-4,9-11,18H,5-8H2. The number of nitro groups is 1. The number of hydrogen-bond acceptors (Lipinski definition) is 8. The number of hydrogen-bond donors (Lipinski definition) is 1. The molecule has 0 bridgehead atoms. The van der Waals surface area contributed by atoms with Gasteiger partial charge in [-0.25, -0.2) is 18.1 Å². The molecule has 0 saturated carbocycles. The van der Waals surface area contributed by atoms with Crippen molar-refractivity contribution in [2.75, 3.05) is 18.0 Å². The lowest BCUT2D eigenvalue weighted by atomic mass is 10.1. The minimum Gasteiger partial charge on any atom is -0.348 e. The quantitative estimate of drug-likeness (QED) is 0.498. The molecule has 1 aromatic carbocycles. The normalized spacial score (nSPS) is 16.1. The smallest absolute Gasteiger partial charge is 0.270 e. The SMILES string of the molecule is O=[N+]([O-])c1ccc2nc(N3CCC(NS(=O)(=O)c4cccs4)CC3)sc2c1. The Morgan fingerprint density at radius 1 is 1.26 bits per heavy atom. The number of benzene rings is 1. The van der Waals surface area contributed by atoms with Crippen LogP contribution in [0.5, 0.6) is 0 Å². The Labute approximate surface area is 163 Å². The third-order valence-corrected chi connectivity index (χ3v) is 8.42. The second-order valence-corrected chi connectivity index (χ2v) is 10.1. The van der Waals surface area contributed by atoms with E-state index in [0.29, 0.717) is 30.1 Å². The van der Waals surface area contributed by atoms with Gasteiger partial charge < -0.3 is 4.90 Å². The fraction of sp³-hybridized carbons (Fsp3) is 0.312. The van der Waals surface area contributed by atoms with E-state index < -0.39 is 14.9 Å². The van der Waals surface area contributed by atoms with Crippen LogP contribution in [0.2, 0.25) is 0 Å². The molecule has 3 aromatic rings. The monoisotopic (exact) mass is 424 g/mol. The molecular formula is C16H16N4O4S3. The molecule has 4 rings (SSSR count). The maximum atomic E-state index is 12.3. The molecule has 0 radical (unpaired) electrons. The lowest BCUT2D eigenvalue weighted by molar-refractivity contribution is -0.384. The van der Waals surface area contributed by atoms with E-state index in [-0.39, 0.29) is 11.7 Å². The number of rotatable bonds is 5. The zero-order valence-corrected chi connectivity index (χ0v) is 16.5. The van der Waals surface area contributed by atoms with Crippen LogP contribution in [-0.2, 0) is 10.0 Å². The molecule has 1 saturated heterocycles. The molecule has 0 amide bonds. The van der Waals surface area contributed by atoms with Gasteiger partial charge in [0.2, 0.25) is 10.0 Å². The Kier molecular flexibility index (Phi) is 4.84. The molecule has 1 fully saturated rings. The van der Waals surface area contributed by atoms with Crippen molar-refractivity contribution < 1.29 is 13.3 Å². The summed E-state index contributed by atoms with van der Waals surface area (Å²) in [5.74, 6) is 0. The van der Waals surface area contributed by atoms with Crippen LogP contribution in [0.15, 0.2) is 39.9 Å². The highest BCUT2D eigenvalue weighted by Gasteiger charge is 2.26. The van der Waals surface area contributed by atoms with Gasteiger partial charge in [-0.2, -0.15) is 0 Å². The van der Waals surface area contributed by atoms with Crippen LogP contribution in [0.25, 0.3) is 10.2 Å². The molecule has 1 aliphatic heterocycles. The predicted molar refractivity (Wildman–Crippen MR) is 106 cm³/mol. The van der Waals surface area contributed by atoms with E-state index in [4.69, 9.17) is 0 Å². The third kappa shape index (κ3) is 3.81. The number of nitro benzene ring substituents is 1. The number of nitrogens with zero attached hydrogens (tertiary/aromatic N) is 3. The largest absolute Gasteiger partial charge is 0.348 e. The summed E-state index contributed by atoms with van der Waals surface area (Å²) in [7, 11) is -3.46. The predicted octanol–water partition coefficient (Wildman–Crippen LogP) is 3.21. The zero-order chi connectivity index (χ0) is 19.0. The first-order valence-corrected chi connectivity index (χ1v) is 11.5. The van der Waals surface area contributed by atoms with E-state index in [0.717, 1.165) is 15.3 Å². The van der Waals surface area contributed by atoms with Crippen molar-refractivity contribution in [2.45, 2.75) is 23.1 Å². The topological polar surface area (TPSA) is 105 Å². The van der Waals surface area contributed by atoms with Crippen LogP contribution in [0.4, 0.5) is 10.8 Å². The number of anilines is 1. The molecule has 142 valence electrons. The first kappa shape index (κ1) is 18.3. The highest BCUT2D eigenvalue weighted by molar-refractivity contribution is 7.91. The maximum Gasteiger partial charge on any atom is 0.270 e. The summed E-state index contributed by atoms with van der Waals surface area (Å²) in [5.41, 5.74) is 0.792. The molecule has 0 unspecified atom stereocenters. The molecular weight excluding hydrogens is 408 g/mol. The highest BCUT2D eigenvalue weighted by Crippen LogP contribution is 2.32. The van der Waals surface area contributed by atoms with E-state index in [9.17, 15) is 18.5 Å². The summed E-state index contributed by atoms with van der Waals surface area (Å²) in [4.78, 5) is 17.2. The van der Waals surface area contributed by atoms with Crippen molar-refractivity contribution in [3.05, 3.63) is 45.8 Å². The van der Waals surface area contributed by atoms with Gasteiger partial charge in [0.15, 0.2) is 5.13 Å². The van der Waals surface area contributed by atoms with Crippen molar-refractivity contribution in [3.8, 4) is 0 Å². The van der Waals surface area contributed by atoms with Gasteiger partial charge >= 0.3 is 0 Å². The molecule has 1 N–H and O–H groups in total. The summed E-state index contributed by atoms with van der Waals surface area (Å²) in [5, 5.41) is 13.5. The average molecular weight is 425 g/mol. The molecule has 8 nitrogen and oxygen atoms in total. The summed E-state index contributed by atoms with van der Waals surface area (Å²) in [6.07, 6.45) is 1.36. The van der Waals surface area contributed by atoms with Crippen LogP contribution in [0.3, 0.4) is 0 Å². The fourth-order valence-electron chi connectivity index (χ4n) is 3.03. The minimum atomic E-state index is -3.46. The van der Waals surface area contributed by atoms with Gasteiger partial charge in [0.05, 0.1) is 15.1 Å². The second-order valence-electron chi connectivity index (χ2n) is 6.22. The highest BCUT2D eigenvalue weighted by atomic mass is 32.2. The molecule has 27 heavy (non-hydrogen) atoms. The number of non-ortho nitro benzene ring substituents is 1. The average Bonchev–Trinajstić information content (AvgIpc) is 3.31. The summed E-state index contributed by atoms with van der Waals surface area (Å²) < 4.78 is 28.6. The Hall–Kier alpha value is -2.08. The van der Waals surface area contributed by atoms with Gasteiger partial charge in [-0.1, -0.05) is 17.4 Å². The number of nitrogens with one attached hydrogen (secondary N) is 1. The number of piperidine rings is 1. The van der Waals surface area contributed by atoms with Gasteiger partial charge in [-0.15, -0.1) is 11.3 Å². The number of thiophene rings is 1. The van der Waals surface area contributed by atoms with Gasteiger partial charge in [0, 0.05) is 31.3 Å². The molecule has 11 heteroatoms. The Bertz CT molecular complexity index is 1070. The summed E-state index contributed by atoms with van der Waals surface area (Å²) in [6, 6.07) is 7.87. The Morgan fingerprint density at radius 2 is 2.04 bits per heavy atom. The lowest BCUT2D eigenvalue weighted by Crippen LogP contribution is -2.44. The Morgan fingerprint density at radius 3 is 2.70 bits per heavy atom. The van der Waals surface area contributed by atoms with Crippen molar-refractivity contribution >= 4 is 53.7 Å². The van der Waals surface area contributed by atoms with E-state index in [1.807, 2.05) is 0 Å². The molecule has 0 atom stereocenters. The van der Waals surface area contributed by atoms with E-state index >= 15 is 0 Å². The van der Waals surface area contributed by atoms with Gasteiger partial charge in [-0.05, 0) is 30.4 Å². The van der Waals surface area contributed by atoms with Crippen LogP contribution in [0, 0.1) is 10.1 Å². The number of fused-ring (bicyclic) bond motifs is 1. The third-order valence-electron chi connectivity index (χ3n) is 4.42. The number of thiazole rings is 1. The fourth-order valence-corrected chi connectivity index (χ4v) is 6.40. The lowest BCUT2D eigenvalue weighted by Gasteiger charge is -2.31. The maximum absolute atomic E-state index is 12.3. The molecule has 2 aromatic heterocycles. The van der Waals surface area contributed by atoms with Crippen LogP contribution in [0.1, 0.15) is 12.8 Å². The van der Waals surface area contributed by atoms with E-state index in [1.165, 1.54) is 28.7 Å². The van der Waals surface area contributed by atoms with Crippen molar-refractivity contribution in [1.82, 2.24) is 9.71 Å². The van der Waals surface area contributed by atoms with Gasteiger partial charge in [-0.3, -0.25) is 10.1 Å². The van der Waals surface area contributed by atoms with Gasteiger partial charge in [0.1, 0.15) is 4.21 Å². The molecule has 0 spiro atoms.